The Morgan fingerprint density at radius 1 is 1.27 bits per heavy atom. The fraction of sp³-hybridized carbons (Fsp3) is 0.400. The molecule has 0 spiro atoms. The van der Waals surface area contributed by atoms with E-state index in [-0.39, 0.29) is 5.02 Å². The number of hydrogen-bond acceptors (Lipinski definition) is 1. The molecule has 0 aliphatic heterocycles. The molecule has 0 bridgehead atoms. The quantitative estimate of drug-likeness (QED) is 0.858. The molecule has 15 heavy (non-hydrogen) atoms. The molecule has 0 saturated carbocycles. The lowest BCUT2D eigenvalue weighted by Gasteiger charge is -2.10. The Morgan fingerprint density at radius 2 is 1.93 bits per heavy atom. The number of benzene rings is 1. The van der Waals surface area contributed by atoms with E-state index in [1.807, 2.05) is 0 Å². The van der Waals surface area contributed by atoms with Crippen LogP contribution >= 0.6 is 11.6 Å². The Morgan fingerprint density at radius 3 is 2.47 bits per heavy atom. The zero-order chi connectivity index (χ0) is 11.5. The highest BCUT2D eigenvalue weighted by atomic mass is 35.5. The number of hydrogen-bond donors (Lipinski definition) is 1. The van der Waals surface area contributed by atoms with Crippen molar-refractivity contribution in [2.45, 2.75) is 19.0 Å². The number of rotatable bonds is 3. The molecule has 84 valence electrons. The second-order valence-corrected chi connectivity index (χ2v) is 3.61. The normalized spacial score (nSPS) is 11.8. The van der Waals surface area contributed by atoms with Gasteiger partial charge >= 0.3 is 6.18 Å². The van der Waals surface area contributed by atoms with E-state index in [4.69, 9.17) is 17.3 Å². The van der Waals surface area contributed by atoms with Crippen molar-refractivity contribution in [1.82, 2.24) is 0 Å². The molecular formula is C10H11ClF3N. The summed E-state index contributed by atoms with van der Waals surface area (Å²) in [5, 5.41) is -0.265. The van der Waals surface area contributed by atoms with Crippen LogP contribution in [0.2, 0.25) is 5.02 Å². The van der Waals surface area contributed by atoms with Crippen LogP contribution in [0.4, 0.5) is 13.2 Å². The first-order valence-electron chi connectivity index (χ1n) is 4.51. The summed E-state index contributed by atoms with van der Waals surface area (Å²) >= 11 is 5.47. The minimum Gasteiger partial charge on any atom is -0.330 e. The first-order valence-corrected chi connectivity index (χ1v) is 4.88. The Hall–Kier alpha value is -0.740. The van der Waals surface area contributed by atoms with Crippen molar-refractivity contribution in [2.24, 2.45) is 5.73 Å². The van der Waals surface area contributed by atoms with Gasteiger partial charge in [-0.25, -0.2) is 0 Å². The van der Waals surface area contributed by atoms with Crippen LogP contribution in [0.15, 0.2) is 18.2 Å². The second kappa shape index (κ2) is 4.86. The lowest BCUT2D eigenvalue weighted by Crippen LogP contribution is -2.07. The molecule has 0 aliphatic rings. The van der Waals surface area contributed by atoms with Gasteiger partial charge in [0.1, 0.15) is 0 Å². The predicted molar refractivity (Wildman–Crippen MR) is 53.8 cm³/mol. The van der Waals surface area contributed by atoms with Crippen molar-refractivity contribution in [3.05, 3.63) is 34.3 Å². The average Bonchev–Trinajstić information content (AvgIpc) is 2.15. The third-order valence-electron chi connectivity index (χ3n) is 2.01. The minimum atomic E-state index is -4.39. The van der Waals surface area contributed by atoms with Crippen LogP contribution in [0.1, 0.15) is 17.5 Å². The maximum Gasteiger partial charge on any atom is 0.417 e. The molecule has 1 aromatic carbocycles. The number of aryl methyl sites for hydroxylation is 1. The van der Waals surface area contributed by atoms with Crippen molar-refractivity contribution in [2.75, 3.05) is 6.54 Å². The zero-order valence-electron chi connectivity index (χ0n) is 7.94. The standard InChI is InChI=1S/C10H11ClF3N/c11-9-4-3-7(2-1-5-15)6-8(9)10(12,13)14/h3-4,6H,1-2,5,15H2. The Balaban J connectivity index is 2.95. The number of halogens is 4. The second-order valence-electron chi connectivity index (χ2n) is 3.20. The SMILES string of the molecule is NCCCc1ccc(Cl)c(C(F)(F)F)c1. The van der Waals surface area contributed by atoms with Crippen molar-refractivity contribution in [1.29, 1.82) is 0 Å². The summed E-state index contributed by atoms with van der Waals surface area (Å²) in [4.78, 5) is 0. The van der Waals surface area contributed by atoms with E-state index in [0.29, 0.717) is 24.9 Å². The van der Waals surface area contributed by atoms with Gasteiger partial charge in [0, 0.05) is 0 Å². The minimum absolute atomic E-state index is 0.265. The van der Waals surface area contributed by atoms with Gasteiger partial charge in [-0.05, 0) is 37.1 Å². The van der Waals surface area contributed by atoms with Crippen molar-refractivity contribution in [3.63, 3.8) is 0 Å². The third-order valence-corrected chi connectivity index (χ3v) is 2.34. The highest BCUT2D eigenvalue weighted by Gasteiger charge is 2.33. The van der Waals surface area contributed by atoms with Gasteiger partial charge in [0.15, 0.2) is 0 Å². The summed E-state index contributed by atoms with van der Waals surface area (Å²) in [6.07, 6.45) is -3.19. The summed E-state index contributed by atoms with van der Waals surface area (Å²) < 4.78 is 37.3. The van der Waals surface area contributed by atoms with Gasteiger partial charge < -0.3 is 5.73 Å². The van der Waals surface area contributed by atoms with Gasteiger partial charge in [-0.2, -0.15) is 13.2 Å². The van der Waals surface area contributed by atoms with Crippen LogP contribution in [-0.4, -0.2) is 6.54 Å². The first kappa shape index (κ1) is 12.3. The smallest absolute Gasteiger partial charge is 0.330 e. The maximum absolute atomic E-state index is 12.4. The Bertz CT molecular complexity index is 336. The van der Waals surface area contributed by atoms with Gasteiger partial charge in [0.25, 0.3) is 0 Å². The van der Waals surface area contributed by atoms with Crippen LogP contribution in [0.25, 0.3) is 0 Å². The van der Waals surface area contributed by atoms with Gasteiger partial charge in [-0.3, -0.25) is 0 Å². The molecule has 0 radical (unpaired) electrons. The Labute approximate surface area is 91.0 Å². The number of alkyl halides is 3. The van der Waals surface area contributed by atoms with Gasteiger partial charge in [0.05, 0.1) is 10.6 Å². The topological polar surface area (TPSA) is 26.0 Å². The van der Waals surface area contributed by atoms with Gasteiger partial charge in [-0.15, -0.1) is 0 Å². The largest absolute Gasteiger partial charge is 0.417 e. The average molecular weight is 238 g/mol. The van der Waals surface area contributed by atoms with E-state index >= 15 is 0 Å². The molecule has 0 amide bonds. The maximum atomic E-state index is 12.4. The summed E-state index contributed by atoms with van der Waals surface area (Å²) in [5.74, 6) is 0. The highest BCUT2D eigenvalue weighted by Crippen LogP contribution is 2.35. The molecule has 1 aromatic rings. The molecular weight excluding hydrogens is 227 g/mol. The van der Waals surface area contributed by atoms with Crippen molar-refractivity contribution >= 4 is 11.6 Å². The van der Waals surface area contributed by atoms with E-state index in [0.717, 1.165) is 6.07 Å². The van der Waals surface area contributed by atoms with Crippen LogP contribution in [0, 0.1) is 0 Å². The van der Waals surface area contributed by atoms with Crippen LogP contribution in [0.5, 0.6) is 0 Å². The van der Waals surface area contributed by atoms with E-state index in [1.54, 1.807) is 6.07 Å². The Kier molecular flexibility index (Phi) is 3.99. The molecule has 1 rings (SSSR count). The lowest BCUT2D eigenvalue weighted by molar-refractivity contribution is -0.137. The van der Waals surface area contributed by atoms with Crippen molar-refractivity contribution < 1.29 is 13.2 Å². The molecule has 0 unspecified atom stereocenters. The lowest BCUT2D eigenvalue weighted by atomic mass is 10.1. The molecule has 0 aromatic heterocycles. The summed E-state index contributed by atoms with van der Waals surface area (Å²) in [6.45, 7) is 0.462. The summed E-state index contributed by atoms with van der Waals surface area (Å²) in [5.41, 5.74) is 5.11. The molecule has 1 nitrogen and oxygen atoms in total. The summed E-state index contributed by atoms with van der Waals surface area (Å²) in [7, 11) is 0. The van der Waals surface area contributed by atoms with E-state index in [2.05, 4.69) is 0 Å². The van der Waals surface area contributed by atoms with Crippen LogP contribution in [-0.2, 0) is 12.6 Å². The molecule has 5 heteroatoms. The van der Waals surface area contributed by atoms with Crippen molar-refractivity contribution in [3.8, 4) is 0 Å². The van der Waals surface area contributed by atoms with Gasteiger partial charge in [0.2, 0.25) is 0 Å². The predicted octanol–water partition coefficient (Wildman–Crippen LogP) is 3.25. The molecule has 0 heterocycles. The van der Waals surface area contributed by atoms with E-state index < -0.39 is 11.7 Å². The molecule has 0 saturated heterocycles. The third kappa shape index (κ3) is 3.39. The molecule has 0 aliphatic carbocycles. The molecule has 2 N–H and O–H groups in total. The fourth-order valence-corrected chi connectivity index (χ4v) is 1.48. The van der Waals surface area contributed by atoms with Gasteiger partial charge in [-0.1, -0.05) is 17.7 Å². The monoisotopic (exact) mass is 237 g/mol. The number of nitrogens with two attached hydrogens (primary N) is 1. The first-order chi connectivity index (χ1) is 6.95. The molecule has 0 atom stereocenters. The van der Waals surface area contributed by atoms with E-state index in [1.165, 1.54) is 6.07 Å². The zero-order valence-corrected chi connectivity index (χ0v) is 8.70. The van der Waals surface area contributed by atoms with Crippen LogP contribution in [0.3, 0.4) is 0 Å². The highest BCUT2D eigenvalue weighted by molar-refractivity contribution is 6.31. The van der Waals surface area contributed by atoms with Crippen LogP contribution < -0.4 is 5.73 Å². The molecule has 0 fully saturated rings. The fourth-order valence-electron chi connectivity index (χ4n) is 1.25. The summed E-state index contributed by atoms with van der Waals surface area (Å²) in [6, 6.07) is 3.95. The van der Waals surface area contributed by atoms with E-state index in [9.17, 15) is 13.2 Å².